The molecule has 0 amide bonds. The molecule has 0 heterocycles. The number of unbranched alkanes of at least 4 members (excludes halogenated alkanes) is 1. The van der Waals surface area contributed by atoms with Gasteiger partial charge in [0.15, 0.2) is 0 Å². The second-order valence-electron chi connectivity index (χ2n) is 5.23. The summed E-state index contributed by atoms with van der Waals surface area (Å²) in [6.45, 7) is 11.4. The summed E-state index contributed by atoms with van der Waals surface area (Å²) < 4.78 is 5.51. The van der Waals surface area contributed by atoms with Gasteiger partial charge in [0.05, 0.1) is 6.10 Å². The van der Waals surface area contributed by atoms with E-state index in [1.165, 1.54) is 23.1 Å². The van der Waals surface area contributed by atoms with Crippen molar-refractivity contribution in [3.05, 3.63) is 34.9 Å². The number of benzene rings is 1. The molecule has 0 bridgehead atoms. The zero-order valence-corrected chi connectivity index (χ0v) is 12.3. The highest BCUT2D eigenvalue weighted by molar-refractivity contribution is 5.30. The highest BCUT2D eigenvalue weighted by Crippen LogP contribution is 2.09. The quantitative estimate of drug-likeness (QED) is 0.711. The predicted molar refractivity (Wildman–Crippen MR) is 77.9 cm³/mol. The van der Waals surface area contributed by atoms with Gasteiger partial charge < -0.3 is 10.1 Å². The number of aryl methyl sites for hydroxylation is 2. The van der Waals surface area contributed by atoms with Crippen LogP contribution in [0.5, 0.6) is 0 Å². The van der Waals surface area contributed by atoms with Crippen molar-refractivity contribution in [2.75, 3.05) is 13.2 Å². The van der Waals surface area contributed by atoms with E-state index in [0.29, 0.717) is 6.10 Å². The highest BCUT2D eigenvalue weighted by Gasteiger charge is 1.98. The van der Waals surface area contributed by atoms with Gasteiger partial charge >= 0.3 is 0 Å². The molecule has 1 rings (SSSR count). The largest absolute Gasteiger partial charge is 0.379 e. The van der Waals surface area contributed by atoms with Crippen LogP contribution in [0.25, 0.3) is 0 Å². The molecule has 0 saturated carbocycles. The van der Waals surface area contributed by atoms with E-state index >= 15 is 0 Å². The normalized spacial score (nSPS) is 11.2. The predicted octanol–water partition coefficient (Wildman–Crippen LogP) is 3.60. The van der Waals surface area contributed by atoms with E-state index in [1.54, 1.807) is 0 Å². The second-order valence-corrected chi connectivity index (χ2v) is 5.23. The first-order valence-corrected chi connectivity index (χ1v) is 6.98. The molecule has 0 aliphatic heterocycles. The van der Waals surface area contributed by atoms with Gasteiger partial charge in [0.1, 0.15) is 0 Å². The molecular weight excluding hydrogens is 222 g/mol. The number of nitrogens with one attached hydrogen (secondary N) is 1. The first-order valence-electron chi connectivity index (χ1n) is 6.98. The van der Waals surface area contributed by atoms with E-state index in [-0.39, 0.29) is 0 Å². The maximum absolute atomic E-state index is 5.51. The molecule has 0 aromatic heterocycles. The zero-order chi connectivity index (χ0) is 13.4. The molecule has 0 aliphatic carbocycles. The lowest BCUT2D eigenvalue weighted by Crippen LogP contribution is -2.16. The fraction of sp³-hybridized carbons (Fsp3) is 0.625. The Morgan fingerprint density at radius 1 is 1.17 bits per heavy atom. The maximum Gasteiger partial charge on any atom is 0.0518 e. The SMILES string of the molecule is Cc1ccc(CNCCCCOC(C)C)c(C)c1. The zero-order valence-electron chi connectivity index (χ0n) is 12.3. The van der Waals surface area contributed by atoms with Crippen molar-refractivity contribution in [3.63, 3.8) is 0 Å². The van der Waals surface area contributed by atoms with Crippen LogP contribution in [0.3, 0.4) is 0 Å². The van der Waals surface area contributed by atoms with E-state index < -0.39 is 0 Å². The molecular formula is C16H27NO. The molecule has 0 unspecified atom stereocenters. The summed E-state index contributed by atoms with van der Waals surface area (Å²) in [4.78, 5) is 0. The van der Waals surface area contributed by atoms with Gasteiger partial charge in [0.25, 0.3) is 0 Å². The lowest BCUT2D eigenvalue weighted by Gasteiger charge is -2.09. The lowest BCUT2D eigenvalue weighted by atomic mass is 10.1. The van der Waals surface area contributed by atoms with Crippen LogP contribution in [-0.4, -0.2) is 19.3 Å². The van der Waals surface area contributed by atoms with Crippen molar-refractivity contribution >= 4 is 0 Å². The minimum atomic E-state index is 0.355. The van der Waals surface area contributed by atoms with Crippen molar-refractivity contribution < 1.29 is 4.74 Å². The summed E-state index contributed by atoms with van der Waals surface area (Å²) in [5, 5.41) is 3.49. The molecule has 102 valence electrons. The van der Waals surface area contributed by atoms with Gasteiger partial charge in [0, 0.05) is 13.2 Å². The van der Waals surface area contributed by atoms with Crippen LogP contribution in [0.15, 0.2) is 18.2 Å². The van der Waals surface area contributed by atoms with Crippen molar-refractivity contribution in [2.24, 2.45) is 0 Å². The molecule has 0 spiro atoms. The van der Waals surface area contributed by atoms with Crippen molar-refractivity contribution in [3.8, 4) is 0 Å². The Labute approximate surface area is 112 Å². The molecule has 0 fully saturated rings. The minimum Gasteiger partial charge on any atom is -0.379 e. The smallest absolute Gasteiger partial charge is 0.0518 e. The van der Waals surface area contributed by atoms with Gasteiger partial charge in [0.2, 0.25) is 0 Å². The van der Waals surface area contributed by atoms with Gasteiger partial charge in [-0.1, -0.05) is 23.8 Å². The summed E-state index contributed by atoms with van der Waals surface area (Å²) in [7, 11) is 0. The fourth-order valence-corrected chi connectivity index (χ4v) is 1.94. The van der Waals surface area contributed by atoms with Gasteiger partial charge in [-0.3, -0.25) is 0 Å². The molecule has 1 aromatic rings. The fourth-order valence-electron chi connectivity index (χ4n) is 1.94. The molecule has 1 N–H and O–H groups in total. The molecule has 1 aromatic carbocycles. The minimum absolute atomic E-state index is 0.355. The molecule has 0 radical (unpaired) electrons. The molecule has 0 atom stereocenters. The average Bonchev–Trinajstić information content (AvgIpc) is 2.30. The van der Waals surface area contributed by atoms with Crippen LogP contribution in [0.1, 0.15) is 43.4 Å². The van der Waals surface area contributed by atoms with Crippen molar-refractivity contribution in [2.45, 2.75) is 53.2 Å². The van der Waals surface area contributed by atoms with Crippen molar-refractivity contribution in [1.82, 2.24) is 5.32 Å². The molecule has 0 aliphatic rings. The highest BCUT2D eigenvalue weighted by atomic mass is 16.5. The third-order valence-electron chi connectivity index (χ3n) is 3.01. The Morgan fingerprint density at radius 2 is 1.94 bits per heavy atom. The Balaban J connectivity index is 2.11. The number of rotatable bonds is 8. The third kappa shape index (κ3) is 6.18. The van der Waals surface area contributed by atoms with E-state index in [9.17, 15) is 0 Å². The summed E-state index contributed by atoms with van der Waals surface area (Å²) >= 11 is 0. The Morgan fingerprint density at radius 3 is 2.61 bits per heavy atom. The number of ether oxygens (including phenoxy) is 1. The van der Waals surface area contributed by atoms with Crippen molar-refractivity contribution in [1.29, 1.82) is 0 Å². The Kier molecular flexibility index (Phi) is 6.99. The summed E-state index contributed by atoms with van der Waals surface area (Å²) in [5.74, 6) is 0. The Bertz CT molecular complexity index is 347. The third-order valence-corrected chi connectivity index (χ3v) is 3.01. The van der Waals surface area contributed by atoms with E-state index in [1.807, 2.05) is 0 Å². The topological polar surface area (TPSA) is 21.3 Å². The van der Waals surface area contributed by atoms with Gasteiger partial charge in [-0.2, -0.15) is 0 Å². The summed E-state index contributed by atoms with van der Waals surface area (Å²) in [6, 6.07) is 6.65. The van der Waals surface area contributed by atoms with E-state index in [2.05, 4.69) is 51.2 Å². The lowest BCUT2D eigenvalue weighted by molar-refractivity contribution is 0.0760. The first-order chi connectivity index (χ1) is 8.59. The number of hydrogen-bond donors (Lipinski definition) is 1. The molecule has 2 heteroatoms. The van der Waals surface area contributed by atoms with Gasteiger partial charge in [-0.15, -0.1) is 0 Å². The van der Waals surface area contributed by atoms with E-state index in [0.717, 1.165) is 26.1 Å². The van der Waals surface area contributed by atoms with Gasteiger partial charge in [-0.05, 0) is 58.2 Å². The summed E-state index contributed by atoms with van der Waals surface area (Å²) in [6.07, 6.45) is 2.67. The van der Waals surface area contributed by atoms with Crippen LogP contribution < -0.4 is 5.32 Å². The second kappa shape index (κ2) is 8.28. The van der Waals surface area contributed by atoms with Gasteiger partial charge in [-0.25, -0.2) is 0 Å². The van der Waals surface area contributed by atoms with Crippen LogP contribution >= 0.6 is 0 Å². The first kappa shape index (κ1) is 15.2. The number of hydrogen-bond acceptors (Lipinski definition) is 2. The average molecular weight is 249 g/mol. The molecule has 18 heavy (non-hydrogen) atoms. The van der Waals surface area contributed by atoms with Crippen LogP contribution in [0.4, 0.5) is 0 Å². The van der Waals surface area contributed by atoms with Crippen LogP contribution in [0.2, 0.25) is 0 Å². The Hall–Kier alpha value is -0.860. The van der Waals surface area contributed by atoms with E-state index in [4.69, 9.17) is 4.74 Å². The van der Waals surface area contributed by atoms with Crippen LogP contribution in [0, 0.1) is 13.8 Å². The molecule has 0 saturated heterocycles. The van der Waals surface area contributed by atoms with Crippen LogP contribution in [-0.2, 0) is 11.3 Å². The summed E-state index contributed by atoms with van der Waals surface area (Å²) in [5.41, 5.74) is 4.12. The molecule has 2 nitrogen and oxygen atoms in total. The maximum atomic E-state index is 5.51. The monoisotopic (exact) mass is 249 g/mol. The standard InChI is InChI=1S/C16H27NO/c1-13(2)18-10-6-5-9-17-12-16-8-7-14(3)11-15(16)4/h7-8,11,13,17H,5-6,9-10,12H2,1-4H3.